The van der Waals surface area contributed by atoms with Crippen molar-refractivity contribution >= 4 is 12.6 Å². The highest BCUT2D eigenvalue weighted by Gasteiger charge is 2.04. The molecule has 1 atom stereocenters. The van der Waals surface area contributed by atoms with Crippen molar-refractivity contribution in [2.24, 2.45) is 10.1 Å². The van der Waals surface area contributed by atoms with E-state index in [2.05, 4.69) is 15.5 Å². The van der Waals surface area contributed by atoms with Gasteiger partial charge in [-0.2, -0.15) is 0 Å². The molecular weight excluding hydrogens is 118 g/mol. The van der Waals surface area contributed by atoms with E-state index in [1.165, 1.54) is 6.21 Å². The second-order valence-corrected chi connectivity index (χ2v) is 1.86. The van der Waals surface area contributed by atoms with Gasteiger partial charge in [-0.25, -0.2) is 0 Å². The number of oxime groups is 1. The molecule has 0 amide bonds. The van der Waals surface area contributed by atoms with Gasteiger partial charge in [-0.15, -0.1) is 0 Å². The van der Waals surface area contributed by atoms with Crippen molar-refractivity contribution in [3.8, 4) is 0 Å². The van der Waals surface area contributed by atoms with E-state index in [1.54, 1.807) is 6.34 Å². The summed E-state index contributed by atoms with van der Waals surface area (Å²) in [4.78, 5) is 3.93. The molecule has 50 valence electrons. The summed E-state index contributed by atoms with van der Waals surface area (Å²) in [6.07, 6.45) is 4.00. The third-order valence-corrected chi connectivity index (χ3v) is 1.20. The van der Waals surface area contributed by atoms with Crippen LogP contribution in [0.1, 0.15) is 6.42 Å². The summed E-state index contributed by atoms with van der Waals surface area (Å²) in [6.45, 7) is 0.809. The van der Waals surface area contributed by atoms with Crippen LogP contribution in [0.4, 0.5) is 0 Å². The quantitative estimate of drug-likeness (QED) is 0.292. The molecule has 0 radical (unpaired) electrons. The highest BCUT2D eigenvalue weighted by atomic mass is 16.4. The van der Waals surface area contributed by atoms with Crippen molar-refractivity contribution in [2.45, 2.75) is 12.5 Å². The second-order valence-electron chi connectivity index (χ2n) is 1.86. The highest BCUT2D eigenvalue weighted by molar-refractivity contribution is 5.70. The van der Waals surface area contributed by atoms with Crippen LogP contribution >= 0.6 is 0 Å². The van der Waals surface area contributed by atoms with Crippen LogP contribution < -0.4 is 5.32 Å². The predicted molar refractivity (Wildman–Crippen MR) is 35.2 cm³/mol. The minimum atomic E-state index is 0.160. The van der Waals surface area contributed by atoms with E-state index in [4.69, 9.17) is 5.21 Å². The van der Waals surface area contributed by atoms with E-state index in [1.807, 2.05) is 0 Å². The third-order valence-electron chi connectivity index (χ3n) is 1.20. The largest absolute Gasteiger partial charge is 0.411 e. The maximum atomic E-state index is 8.10. The zero-order valence-electron chi connectivity index (χ0n) is 4.99. The first-order chi connectivity index (χ1) is 4.43. The Morgan fingerprint density at radius 3 is 3.33 bits per heavy atom. The Morgan fingerprint density at radius 2 is 2.78 bits per heavy atom. The van der Waals surface area contributed by atoms with Crippen LogP contribution in [-0.2, 0) is 0 Å². The first-order valence-electron chi connectivity index (χ1n) is 2.85. The number of hydrogen-bond donors (Lipinski definition) is 2. The zero-order chi connectivity index (χ0) is 6.53. The third kappa shape index (κ3) is 1.71. The topological polar surface area (TPSA) is 57.0 Å². The molecule has 0 aromatic carbocycles. The molecule has 1 rings (SSSR count). The average Bonchev–Trinajstić information content (AvgIpc) is 1.91. The van der Waals surface area contributed by atoms with Crippen LogP contribution in [0, 0.1) is 0 Å². The van der Waals surface area contributed by atoms with Gasteiger partial charge in [-0.1, -0.05) is 5.16 Å². The lowest BCUT2D eigenvalue weighted by Crippen LogP contribution is -2.33. The summed E-state index contributed by atoms with van der Waals surface area (Å²) in [5.41, 5.74) is 0. The Hall–Kier alpha value is -1.06. The molecule has 1 heterocycles. The molecule has 1 aliphatic rings. The fraction of sp³-hybridized carbons (Fsp3) is 0.600. The lowest BCUT2D eigenvalue weighted by Gasteiger charge is -2.13. The smallest absolute Gasteiger partial charge is 0.0828 e. The van der Waals surface area contributed by atoms with Crippen LogP contribution in [0.5, 0.6) is 0 Å². The van der Waals surface area contributed by atoms with Crippen LogP contribution in [0.25, 0.3) is 0 Å². The van der Waals surface area contributed by atoms with E-state index < -0.39 is 0 Å². The minimum Gasteiger partial charge on any atom is -0.411 e. The van der Waals surface area contributed by atoms with Crippen molar-refractivity contribution in [3.05, 3.63) is 0 Å². The van der Waals surface area contributed by atoms with Crippen LogP contribution in [0.15, 0.2) is 10.1 Å². The predicted octanol–water partition coefficient (Wildman–Crippen LogP) is -0.163. The van der Waals surface area contributed by atoms with E-state index in [9.17, 15) is 0 Å². The van der Waals surface area contributed by atoms with Gasteiger partial charge in [0.15, 0.2) is 0 Å². The molecule has 0 spiro atoms. The number of nitrogens with zero attached hydrogens (tertiary/aromatic N) is 2. The van der Waals surface area contributed by atoms with Gasteiger partial charge in [0.05, 0.1) is 18.6 Å². The van der Waals surface area contributed by atoms with Crippen molar-refractivity contribution < 1.29 is 5.21 Å². The Labute approximate surface area is 53.3 Å². The fourth-order valence-electron chi connectivity index (χ4n) is 0.708. The lowest BCUT2D eigenvalue weighted by atomic mass is 10.2. The van der Waals surface area contributed by atoms with Crippen LogP contribution in [0.3, 0.4) is 0 Å². The first kappa shape index (κ1) is 6.07. The zero-order valence-corrected chi connectivity index (χ0v) is 4.99. The molecule has 0 aliphatic carbocycles. The van der Waals surface area contributed by atoms with Gasteiger partial charge in [0.25, 0.3) is 0 Å². The average molecular weight is 127 g/mol. The Bertz CT molecular complexity index is 132. The van der Waals surface area contributed by atoms with E-state index >= 15 is 0 Å². The van der Waals surface area contributed by atoms with Gasteiger partial charge in [0, 0.05) is 6.54 Å². The number of nitrogens with one attached hydrogen (secondary N) is 1. The van der Waals surface area contributed by atoms with E-state index in [0.29, 0.717) is 0 Å². The number of aliphatic imine (C=N–C) groups is 1. The molecule has 0 saturated heterocycles. The van der Waals surface area contributed by atoms with Crippen molar-refractivity contribution in [1.29, 1.82) is 0 Å². The SMILES string of the molecule is O/N=C/C1CCN=CN1. The van der Waals surface area contributed by atoms with Crippen LogP contribution in [-0.4, -0.2) is 30.3 Å². The molecule has 1 aliphatic heterocycles. The summed E-state index contributed by atoms with van der Waals surface area (Å²) in [5, 5.41) is 13.9. The summed E-state index contributed by atoms with van der Waals surface area (Å²) < 4.78 is 0. The molecule has 0 bridgehead atoms. The van der Waals surface area contributed by atoms with Crippen LogP contribution in [0.2, 0.25) is 0 Å². The highest BCUT2D eigenvalue weighted by Crippen LogP contribution is 1.92. The molecule has 1 unspecified atom stereocenters. The normalized spacial score (nSPS) is 26.4. The van der Waals surface area contributed by atoms with E-state index in [-0.39, 0.29) is 6.04 Å². The molecule has 4 nitrogen and oxygen atoms in total. The molecule has 4 heteroatoms. The van der Waals surface area contributed by atoms with Crippen molar-refractivity contribution in [2.75, 3.05) is 6.54 Å². The molecule has 0 aromatic heterocycles. The standard InChI is InChI=1S/C5H9N3O/c9-8-3-5-1-2-6-4-7-5/h3-5,9H,1-2H2,(H,6,7)/b8-3+. The van der Waals surface area contributed by atoms with Gasteiger partial charge in [0.2, 0.25) is 0 Å². The summed E-state index contributed by atoms with van der Waals surface area (Å²) in [7, 11) is 0. The Kier molecular flexibility index (Phi) is 2.06. The lowest BCUT2D eigenvalue weighted by molar-refractivity contribution is 0.319. The van der Waals surface area contributed by atoms with Crippen molar-refractivity contribution in [3.63, 3.8) is 0 Å². The summed E-state index contributed by atoms with van der Waals surface area (Å²) >= 11 is 0. The second kappa shape index (κ2) is 3.06. The molecule has 0 aromatic rings. The van der Waals surface area contributed by atoms with Gasteiger partial charge in [0.1, 0.15) is 0 Å². The van der Waals surface area contributed by atoms with E-state index in [0.717, 1.165) is 13.0 Å². The first-order valence-corrected chi connectivity index (χ1v) is 2.85. The molecule has 9 heavy (non-hydrogen) atoms. The maximum absolute atomic E-state index is 8.10. The maximum Gasteiger partial charge on any atom is 0.0828 e. The fourth-order valence-corrected chi connectivity index (χ4v) is 0.708. The van der Waals surface area contributed by atoms with Gasteiger partial charge in [-0.3, -0.25) is 4.99 Å². The molecule has 0 saturated carbocycles. The number of hydrogen-bond acceptors (Lipinski definition) is 4. The van der Waals surface area contributed by atoms with Gasteiger partial charge >= 0.3 is 0 Å². The van der Waals surface area contributed by atoms with Gasteiger partial charge in [-0.05, 0) is 6.42 Å². The minimum absolute atomic E-state index is 0.160. The van der Waals surface area contributed by atoms with Crippen molar-refractivity contribution in [1.82, 2.24) is 5.32 Å². The summed E-state index contributed by atoms with van der Waals surface area (Å²) in [5.74, 6) is 0. The number of rotatable bonds is 1. The Balaban J connectivity index is 2.35. The van der Waals surface area contributed by atoms with Gasteiger partial charge < -0.3 is 10.5 Å². The molecular formula is C5H9N3O. The molecule has 2 N–H and O–H groups in total. The summed E-state index contributed by atoms with van der Waals surface area (Å²) in [6, 6.07) is 0.160. The molecule has 0 fully saturated rings. The Morgan fingerprint density at radius 1 is 1.89 bits per heavy atom. The monoisotopic (exact) mass is 127 g/mol.